The van der Waals surface area contributed by atoms with Crippen molar-refractivity contribution in [3.8, 4) is 6.07 Å². The minimum atomic E-state index is -3.95. The van der Waals surface area contributed by atoms with Crippen LogP contribution in [0.2, 0.25) is 0 Å². The third-order valence-electron chi connectivity index (χ3n) is 4.88. The highest BCUT2D eigenvalue weighted by atomic mass is 32.2. The largest absolute Gasteiger partial charge is 0.452 e. The van der Waals surface area contributed by atoms with Crippen LogP contribution in [0.15, 0.2) is 39.9 Å². The van der Waals surface area contributed by atoms with Crippen LogP contribution < -0.4 is 10.5 Å². The number of esters is 1. The maximum absolute atomic E-state index is 13.2. The second-order valence-corrected chi connectivity index (χ2v) is 9.78. The number of carbonyl (C=O) groups is 2. The Balaban J connectivity index is 1.75. The topological polar surface area (TPSA) is 144 Å². The Hall–Kier alpha value is -3.53. The average Bonchev–Trinajstić information content (AvgIpc) is 3.34. The zero-order valence-corrected chi connectivity index (χ0v) is 19.2. The van der Waals surface area contributed by atoms with Crippen molar-refractivity contribution in [3.63, 3.8) is 0 Å². The Kier molecular flexibility index (Phi) is 6.97. The number of nitrogens with zero attached hydrogens (tertiary/aromatic N) is 2. The van der Waals surface area contributed by atoms with Gasteiger partial charge in [-0.15, -0.1) is 11.3 Å². The number of primary sulfonamides is 1. The number of amides is 1. The van der Waals surface area contributed by atoms with E-state index >= 15 is 0 Å². The van der Waals surface area contributed by atoms with E-state index in [1.165, 1.54) is 17.5 Å². The summed E-state index contributed by atoms with van der Waals surface area (Å²) >= 11 is 0.757. The van der Waals surface area contributed by atoms with Crippen LogP contribution in [-0.4, -0.2) is 31.5 Å². The Labute approximate surface area is 193 Å². The normalized spacial score (nSPS) is 11.1. The molecule has 172 valence electrons. The number of hydrogen-bond donors (Lipinski definition) is 2. The lowest BCUT2D eigenvalue weighted by Gasteiger charge is -2.13. The van der Waals surface area contributed by atoms with Crippen LogP contribution in [0.5, 0.6) is 0 Å². The first-order chi connectivity index (χ1) is 15.5. The van der Waals surface area contributed by atoms with Crippen molar-refractivity contribution in [1.29, 1.82) is 5.26 Å². The Morgan fingerprint density at radius 2 is 1.94 bits per heavy atom. The molecule has 0 radical (unpaired) electrons. The summed E-state index contributed by atoms with van der Waals surface area (Å²) < 4.78 is 42.3. The van der Waals surface area contributed by atoms with Crippen molar-refractivity contribution in [2.24, 2.45) is 5.14 Å². The van der Waals surface area contributed by atoms with E-state index in [4.69, 9.17) is 9.88 Å². The van der Waals surface area contributed by atoms with E-state index in [-0.39, 0.29) is 33.5 Å². The molecular formula is C21H19FN4O5S2. The standard InChI is InChI=1S/C21H19FN4O5S2/c1-12-13(2)26(9-14-3-5-16(22)6-4-14)20(17(12)8-23)25-18(27)10-31-21(28)15-7-19(32-11-15)33(24,29)30/h3-7,11H,9-10H2,1-2H3,(H,25,27)(H2,24,29,30). The number of hydrogen-bond acceptors (Lipinski definition) is 7. The number of sulfonamides is 1. The van der Waals surface area contributed by atoms with Gasteiger partial charge in [-0.1, -0.05) is 12.1 Å². The predicted molar refractivity (Wildman–Crippen MR) is 119 cm³/mol. The summed E-state index contributed by atoms with van der Waals surface area (Å²) in [6.07, 6.45) is 0. The summed E-state index contributed by atoms with van der Waals surface area (Å²) in [4.78, 5) is 24.6. The van der Waals surface area contributed by atoms with Gasteiger partial charge in [0.25, 0.3) is 5.91 Å². The van der Waals surface area contributed by atoms with Gasteiger partial charge in [0.2, 0.25) is 10.0 Å². The molecule has 0 bridgehead atoms. The molecule has 0 fully saturated rings. The van der Waals surface area contributed by atoms with E-state index in [1.807, 2.05) is 0 Å². The Morgan fingerprint density at radius 1 is 1.27 bits per heavy atom. The second kappa shape index (κ2) is 9.53. The van der Waals surface area contributed by atoms with Gasteiger partial charge in [0.15, 0.2) is 6.61 Å². The van der Waals surface area contributed by atoms with Gasteiger partial charge >= 0.3 is 5.97 Å². The van der Waals surface area contributed by atoms with E-state index in [1.54, 1.807) is 30.5 Å². The van der Waals surface area contributed by atoms with Crippen LogP contribution in [0.4, 0.5) is 10.2 Å². The van der Waals surface area contributed by atoms with E-state index in [0.29, 0.717) is 5.56 Å². The lowest BCUT2D eigenvalue weighted by Crippen LogP contribution is -2.23. The van der Waals surface area contributed by atoms with Gasteiger partial charge in [-0.05, 0) is 43.2 Å². The fraction of sp³-hybridized carbons (Fsp3) is 0.190. The SMILES string of the molecule is Cc1c(C#N)c(NC(=O)COC(=O)c2csc(S(N)(=O)=O)c2)n(Cc2ccc(F)cc2)c1C. The molecule has 0 aliphatic rings. The summed E-state index contributed by atoms with van der Waals surface area (Å²) in [5.41, 5.74) is 2.35. The van der Waals surface area contributed by atoms with Crippen molar-refractivity contribution in [2.75, 3.05) is 11.9 Å². The molecule has 0 unspecified atom stereocenters. The van der Waals surface area contributed by atoms with Gasteiger partial charge in [0.05, 0.1) is 11.1 Å². The predicted octanol–water partition coefficient (Wildman–Crippen LogP) is 2.67. The van der Waals surface area contributed by atoms with Crippen molar-refractivity contribution in [1.82, 2.24) is 4.57 Å². The van der Waals surface area contributed by atoms with Crippen LogP contribution in [-0.2, 0) is 26.1 Å². The maximum atomic E-state index is 13.2. The zero-order valence-electron chi connectivity index (χ0n) is 17.6. The van der Waals surface area contributed by atoms with Crippen LogP contribution in [0, 0.1) is 31.0 Å². The molecule has 1 amide bonds. The molecule has 0 saturated carbocycles. The molecule has 1 aromatic carbocycles. The van der Waals surface area contributed by atoms with Crippen LogP contribution >= 0.6 is 11.3 Å². The third-order valence-corrected chi connectivity index (χ3v) is 7.26. The second-order valence-electron chi connectivity index (χ2n) is 7.08. The van der Waals surface area contributed by atoms with Crippen molar-refractivity contribution in [3.05, 3.63) is 69.5 Å². The molecule has 2 aromatic heterocycles. The van der Waals surface area contributed by atoms with Crippen LogP contribution in [0.25, 0.3) is 0 Å². The molecular weight excluding hydrogens is 471 g/mol. The molecule has 0 aliphatic heterocycles. The molecule has 0 spiro atoms. The highest BCUT2D eigenvalue weighted by molar-refractivity contribution is 7.91. The summed E-state index contributed by atoms with van der Waals surface area (Å²) in [5, 5.41) is 18.5. The van der Waals surface area contributed by atoms with Crippen LogP contribution in [0.3, 0.4) is 0 Å². The van der Waals surface area contributed by atoms with Crippen molar-refractivity contribution in [2.45, 2.75) is 24.6 Å². The fourth-order valence-electron chi connectivity index (χ4n) is 3.06. The molecule has 9 nitrogen and oxygen atoms in total. The number of carbonyl (C=O) groups excluding carboxylic acids is 2. The molecule has 0 saturated heterocycles. The minimum absolute atomic E-state index is 0.0547. The van der Waals surface area contributed by atoms with E-state index in [9.17, 15) is 27.7 Å². The van der Waals surface area contributed by atoms with Crippen molar-refractivity contribution >= 4 is 39.1 Å². The first-order valence-corrected chi connectivity index (χ1v) is 11.9. The lowest BCUT2D eigenvalue weighted by molar-refractivity contribution is -0.119. The molecule has 3 aromatic rings. The number of aromatic nitrogens is 1. The number of rotatable bonds is 7. The molecule has 12 heteroatoms. The van der Waals surface area contributed by atoms with E-state index in [2.05, 4.69) is 11.4 Å². The molecule has 2 heterocycles. The third kappa shape index (κ3) is 5.46. The minimum Gasteiger partial charge on any atom is -0.452 e. The lowest BCUT2D eigenvalue weighted by atomic mass is 10.2. The van der Waals surface area contributed by atoms with Gasteiger partial charge in [0.1, 0.15) is 21.9 Å². The number of nitrogens with one attached hydrogen (secondary N) is 1. The summed E-state index contributed by atoms with van der Waals surface area (Å²) in [7, 11) is -3.95. The number of anilines is 1. The number of nitrogens with two attached hydrogens (primary N) is 1. The van der Waals surface area contributed by atoms with E-state index < -0.39 is 28.5 Å². The smallest absolute Gasteiger partial charge is 0.339 e. The van der Waals surface area contributed by atoms with Gasteiger partial charge in [-0.25, -0.2) is 22.7 Å². The zero-order chi connectivity index (χ0) is 24.3. The first kappa shape index (κ1) is 24.1. The number of halogens is 1. The Bertz CT molecular complexity index is 1370. The van der Waals surface area contributed by atoms with Gasteiger partial charge < -0.3 is 14.6 Å². The maximum Gasteiger partial charge on any atom is 0.339 e. The number of nitriles is 1. The highest BCUT2D eigenvalue weighted by Crippen LogP contribution is 2.27. The highest BCUT2D eigenvalue weighted by Gasteiger charge is 2.21. The monoisotopic (exact) mass is 490 g/mol. The average molecular weight is 491 g/mol. The molecule has 0 aliphatic carbocycles. The Morgan fingerprint density at radius 3 is 2.52 bits per heavy atom. The van der Waals surface area contributed by atoms with Gasteiger partial charge in [0, 0.05) is 17.6 Å². The summed E-state index contributed by atoms with van der Waals surface area (Å²) in [6, 6.07) is 8.95. The molecule has 3 rings (SSSR count). The summed E-state index contributed by atoms with van der Waals surface area (Å²) in [5.74, 6) is -1.75. The van der Waals surface area contributed by atoms with Gasteiger partial charge in [-0.2, -0.15) is 5.26 Å². The number of thiophene rings is 1. The van der Waals surface area contributed by atoms with Gasteiger partial charge in [-0.3, -0.25) is 4.79 Å². The number of ether oxygens (including phenoxy) is 1. The fourth-order valence-corrected chi connectivity index (χ4v) is 4.63. The quantitative estimate of drug-likeness (QED) is 0.487. The summed E-state index contributed by atoms with van der Waals surface area (Å²) in [6.45, 7) is 3.14. The molecule has 3 N–H and O–H groups in total. The van der Waals surface area contributed by atoms with Crippen LogP contribution in [0.1, 0.15) is 32.7 Å². The molecule has 0 atom stereocenters. The first-order valence-electron chi connectivity index (χ1n) is 9.43. The van der Waals surface area contributed by atoms with Crippen molar-refractivity contribution < 1.29 is 27.1 Å². The van der Waals surface area contributed by atoms with E-state index in [0.717, 1.165) is 28.7 Å². The number of benzene rings is 1. The molecule has 33 heavy (non-hydrogen) atoms.